The van der Waals surface area contributed by atoms with Crippen LogP contribution in [0.3, 0.4) is 0 Å². The summed E-state index contributed by atoms with van der Waals surface area (Å²) in [6.45, 7) is 0. The number of fused-ring (bicyclic) bond motifs is 1. The minimum Gasteiger partial charge on any atom is -0.507 e. The molecule has 0 saturated carbocycles. The quantitative estimate of drug-likeness (QED) is 0.243. The van der Waals surface area contributed by atoms with Crippen molar-refractivity contribution in [2.24, 2.45) is 11.7 Å². The molecule has 2 rings (SSSR count). The lowest BCUT2D eigenvalue weighted by molar-refractivity contribution is 0.0879. The van der Waals surface area contributed by atoms with Gasteiger partial charge < -0.3 is 5.11 Å². The number of rotatable bonds is 0. The SMILES string of the molecule is NN.O=C1NC(=O)c2c(O)cccc21. The summed E-state index contributed by atoms with van der Waals surface area (Å²) in [5, 5.41) is 11.3. The van der Waals surface area contributed by atoms with Gasteiger partial charge in [-0.15, -0.1) is 0 Å². The van der Waals surface area contributed by atoms with Crippen LogP contribution in [0.1, 0.15) is 20.7 Å². The van der Waals surface area contributed by atoms with E-state index in [2.05, 4.69) is 17.0 Å². The van der Waals surface area contributed by atoms with Gasteiger partial charge in [-0.1, -0.05) is 6.07 Å². The molecule has 1 aromatic rings. The Bertz CT molecular complexity index is 389. The third-order valence-corrected chi connectivity index (χ3v) is 1.74. The first-order chi connectivity index (χ1) is 6.70. The predicted molar refractivity (Wildman–Crippen MR) is 48.3 cm³/mol. The molecule has 6 N–H and O–H groups in total. The van der Waals surface area contributed by atoms with Gasteiger partial charge in [0, 0.05) is 0 Å². The van der Waals surface area contributed by atoms with Gasteiger partial charge >= 0.3 is 0 Å². The lowest BCUT2D eigenvalue weighted by atomic mass is 10.1. The fourth-order valence-electron chi connectivity index (χ4n) is 1.20. The second-order valence-electron chi connectivity index (χ2n) is 2.48. The predicted octanol–water partition coefficient (Wildman–Crippen LogP) is -0.905. The number of imide groups is 1. The molecule has 0 radical (unpaired) electrons. The van der Waals surface area contributed by atoms with Gasteiger partial charge in [0.25, 0.3) is 11.8 Å². The Morgan fingerprint density at radius 2 is 1.79 bits per heavy atom. The molecular weight excluding hydrogens is 186 g/mol. The number of hydrogen-bond donors (Lipinski definition) is 4. The Hall–Kier alpha value is -1.92. The number of hydrogen-bond acceptors (Lipinski definition) is 5. The fraction of sp³-hybridized carbons (Fsp3) is 0. The number of nitrogens with two attached hydrogens (primary N) is 2. The van der Waals surface area contributed by atoms with Gasteiger partial charge in [-0.05, 0) is 12.1 Å². The Morgan fingerprint density at radius 1 is 1.14 bits per heavy atom. The monoisotopic (exact) mass is 195 g/mol. The summed E-state index contributed by atoms with van der Waals surface area (Å²) in [7, 11) is 0. The van der Waals surface area contributed by atoms with Crippen LogP contribution in [-0.2, 0) is 0 Å². The van der Waals surface area contributed by atoms with E-state index in [0.717, 1.165) is 0 Å². The maximum absolute atomic E-state index is 11.0. The molecule has 0 aliphatic carbocycles. The number of aromatic hydroxyl groups is 1. The second kappa shape index (κ2) is 3.86. The Balaban J connectivity index is 0.000000461. The molecule has 0 saturated heterocycles. The van der Waals surface area contributed by atoms with Crippen molar-refractivity contribution in [2.45, 2.75) is 0 Å². The van der Waals surface area contributed by atoms with Crippen molar-refractivity contribution in [3.05, 3.63) is 29.3 Å². The number of amides is 2. The summed E-state index contributed by atoms with van der Waals surface area (Å²) >= 11 is 0. The third-order valence-electron chi connectivity index (χ3n) is 1.74. The summed E-state index contributed by atoms with van der Waals surface area (Å²) in [6, 6.07) is 4.39. The molecule has 0 unspecified atom stereocenters. The molecule has 6 nitrogen and oxygen atoms in total. The van der Waals surface area contributed by atoms with Crippen LogP contribution < -0.4 is 17.0 Å². The highest BCUT2D eigenvalue weighted by molar-refractivity contribution is 6.22. The Kier molecular flexibility index (Phi) is 2.80. The van der Waals surface area contributed by atoms with Crippen LogP contribution in [0.5, 0.6) is 5.75 Å². The van der Waals surface area contributed by atoms with Crippen molar-refractivity contribution in [3.8, 4) is 5.75 Å². The Morgan fingerprint density at radius 3 is 2.36 bits per heavy atom. The summed E-state index contributed by atoms with van der Waals surface area (Å²) < 4.78 is 0. The zero-order valence-electron chi connectivity index (χ0n) is 7.15. The number of benzene rings is 1. The number of hydrazine groups is 1. The molecule has 2 amide bonds. The summed E-state index contributed by atoms with van der Waals surface area (Å²) in [6.07, 6.45) is 0. The van der Waals surface area contributed by atoms with Crippen LogP contribution in [0.15, 0.2) is 18.2 Å². The summed E-state index contributed by atoms with van der Waals surface area (Å²) in [5.41, 5.74) is 0.308. The van der Waals surface area contributed by atoms with E-state index in [9.17, 15) is 14.7 Å². The molecule has 0 aromatic heterocycles. The molecule has 0 atom stereocenters. The van der Waals surface area contributed by atoms with Gasteiger partial charge in [0.1, 0.15) is 5.75 Å². The first-order valence-corrected chi connectivity index (χ1v) is 3.71. The van der Waals surface area contributed by atoms with E-state index < -0.39 is 11.8 Å². The molecule has 6 heteroatoms. The smallest absolute Gasteiger partial charge is 0.262 e. The third kappa shape index (κ3) is 1.43. The van der Waals surface area contributed by atoms with E-state index in [1.807, 2.05) is 0 Å². The van der Waals surface area contributed by atoms with Crippen molar-refractivity contribution < 1.29 is 14.7 Å². The van der Waals surface area contributed by atoms with Gasteiger partial charge in [0.15, 0.2) is 0 Å². The van der Waals surface area contributed by atoms with Gasteiger partial charge in [-0.25, -0.2) is 0 Å². The van der Waals surface area contributed by atoms with Gasteiger partial charge in [0.05, 0.1) is 11.1 Å². The highest BCUT2D eigenvalue weighted by Gasteiger charge is 2.28. The zero-order valence-corrected chi connectivity index (χ0v) is 7.15. The lowest BCUT2D eigenvalue weighted by Crippen LogP contribution is -2.19. The highest BCUT2D eigenvalue weighted by atomic mass is 16.3. The molecule has 0 bridgehead atoms. The first kappa shape index (κ1) is 10.2. The maximum Gasteiger partial charge on any atom is 0.262 e. The number of phenolic OH excluding ortho intramolecular Hbond substituents is 1. The van der Waals surface area contributed by atoms with Crippen molar-refractivity contribution >= 4 is 11.8 Å². The van der Waals surface area contributed by atoms with Crippen LogP contribution >= 0.6 is 0 Å². The van der Waals surface area contributed by atoms with Crippen molar-refractivity contribution in [1.29, 1.82) is 0 Å². The number of nitrogens with one attached hydrogen (secondary N) is 1. The average molecular weight is 195 g/mol. The average Bonchev–Trinajstić information content (AvgIpc) is 2.47. The molecule has 1 aliphatic heterocycles. The van der Waals surface area contributed by atoms with Crippen LogP contribution in [0.2, 0.25) is 0 Å². The normalized spacial score (nSPS) is 12.7. The van der Waals surface area contributed by atoms with E-state index in [-0.39, 0.29) is 16.9 Å². The van der Waals surface area contributed by atoms with Gasteiger partial charge in [-0.2, -0.15) is 0 Å². The van der Waals surface area contributed by atoms with Crippen LogP contribution in [0.25, 0.3) is 0 Å². The minimum absolute atomic E-state index is 0.0718. The lowest BCUT2D eigenvalue weighted by Gasteiger charge is -1.95. The van der Waals surface area contributed by atoms with Crippen molar-refractivity contribution in [2.75, 3.05) is 0 Å². The van der Waals surface area contributed by atoms with Crippen LogP contribution in [0, 0.1) is 0 Å². The number of phenols is 1. The molecule has 74 valence electrons. The largest absolute Gasteiger partial charge is 0.507 e. The number of carbonyl (C=O) groups excluding carboxylic acids is 2. The molecule has 1 aliphatic rings. The van der Waals surface area contributed by atoms with Crippen molar-refractivity contribution in [3.63, 3.8) is 0 Å². The van der Waals surface area contributed by atoms with Crippen LogP contribution in [0.4, 0.5) is 0 Å². The topological polar surface area (TPSA) is 118 Å². The summed E-state index contributed by atoms with van der Waals surface area (Å²) in [4.78, 5) is 22.0. The first-order valence-electron chi connectivity index (χ1n) is 3.71. The van der Waals surface area contributed by atoms with E-state index in [4.69, 9.17) is 0 Å². The molecule has 1 heterocycles. The summed E-state index contributed by atoms with van der Waals surface area (Å²) in [5.74, 6) is 6.86. The zero-order chi connectivity index (χ0) is 10.7. The van der Waals surface area contributed by atoms with Gasteiger partial charge in [0.2, 0.25) is 0 Å². The Labute approximate surface area is 79.5 Å². The minimum atomic E-state index is -0.534. The number of carbonyl (C=O) groups is 2. The molecule has 0 spiro atoms. The maximum atomic E-state index is 11.0. The standard InChI is InChI=1S/C8H5NO3.H4N2/c10-5-3-1-2-4-6(5)8(12)9-7(4)11;1-2/h1-3,10H,(H,9,11,12);1-2H2. The highest BCUT2D eigenvalue weighted by Crippen LogP contribution is 2.24. The van der Waals surface area contributed by atoms with E-state index >= 15 is 0 Å². The second-order valence-corrected chi connectivity index (χ2v) is 2.48. The molecule has 0 fully saturated rings. The molecule has 1 aromatic carbocycles. The molecule has 14 heavy (non-hydrogen) atoms. The van der Waals surface area contributed by atoms with Gasteiger partial charge in [-0.3, -0.25) is 26.6 Å². The van der Waals surface area contributed by atoms with E-state index in [1.54, 1.807) is 0 Å². The molecular formula is C8H9N3O3. The fourth-order valence-corrected chi connectivity index (χ4v) is 1.20. The van der Waals surface area contributed by atoms with E-state index in [1.165, 1.54) is 18.2 Å². The van der Waals surface area contributed by atoms with E-state index in [0.29, 0.717) is 0 Å². The van der Waals surface area contributed by atoms with Crippen molar-refractivity contribution in [1.82, 2.24) is 5.32 Å². The van der Waals surface area contributed by atoms with Crippen LogP contribution in [-0.4, -0.2) is 16.9 Å².